The maximum atomic E-state index is 6.50. The van der Waals surface area contributed by atoms with E-state index in [1.165, 1.54) is 22.3 Å². The Morgan fingerprint density at radius 2 is 2.00 bits per heavy atom. The van der Waals surface area contributed by atoms with Gasteiger partial charge in [-0.05, 0) is 74.3 Å². The van der Waals surface area contributed by atoms with Crippen LogP contribution in [0.3, 0.4) is 0 Å². The molecule has 2 heterocycles. The molecule has 2 bridgehead atoms. The van der Waals surface area contributed by atoms with Crippen molar-refractivity contribution in [3.05, 3.63) is 58.7 Å². The molecule has 0 aromatic heterocycles. The van der Waals surface area contributed by atoms with Crippen LogP contribution in [0.15, 0.2) is 36.4 Å². The minimum Gasteiger partial charge on any atom is -0.467 e. The molecule has 4 heteroatoms. The number of anilines is 1. The van der Waals surface area contributed by atoms with Crippen LogP contribution in [0.4, 0.5) is 5.69 Å². The van der Waals surface area contributed by atoms with E-state index in [9.17, 15) is 0 Å². The van der Waals surface area contributed by atoms with E-state index in [4.69, 9.17) is 17.0 Å². The molecule has 2 aromatic rings. The lowest BCUT2D eigenvalue weighted by Crippen LogP contribution is -2.65. The van der Waals surface area contributed by atoms with Gasteiger partial charge in [-0.1, -0.05) is 25.1 Å². The van der Waals surface area contributed by atoms with E-state index in [-0.39, 0.29) is 6.04 Å². The molecule has 1 N–H and O–H groups in total. The average molecular weight is 353 g/mol. The summed E-state index contributed by atoms with van der Waals surface area (Å²) in [6.45, 7) is 8.57. The number of benzene rings is 2. The topological polar surface area (TPSA) is 24.5 Å². The van der Waals surface area contributed by atoms with Crippen molar-refractivity contribution in [2.75, 3.05) is 4.90 Å². The molecule has 0 saturated carbocycles. The zero-order chi connectivity index (χ0) is 17.8. The van der Waals surface area contributed by atoms with Crippen molar-refractivity contribution in [3.8, 4) is 5.75 Å². The van der Waals surface area contributed by atoms with Gasteiger partial charge in [-0.2, -0.15) is 0 Å². The third-order valence-electron chi connectivity index (χ3n) is 5.49. The van der Waals surface area contributed by atoms with Crippen molar-refractivity contribution in [3.63, 3.8) is 0 Å². The lowest BCUT2D eigenvalue weighted by molar-refractivity contribution is 0.0497. The Balaban J connectivity index is 1.78. The van der Waals surface area contributed by atoms with Gasteiger partial charge in [0.2, 0.25) is 0 Å². The van der Waals surface area contributed by atoms with Crippen LogP contribution in [0.25, 0.3) is 0 Å². The first kappa shape index (κ1) is 16.4. The van der Waals surface area contributed by atoms with Crippen LogP contribution in [-0.2, 0) is 6.42 Å². The average Bonchev–Trinajstić information content (AvgIpc) is 2.57. The molecule has 2 aromatic carbocycles. The molecule has 2 atom stereocenters. The molecule has 0 unspecified atom stereocenters. The van der Waals surface area contributed by atoms with Crippen molar-refractivity contribution in [1.82, 2.24) is 5.32 Å². The van der Waals surface area contributed by atoms with Crippen molar-refractivity contribution in [2.24, 2.45) is 0 Å². The first-order chi connectivity index (χ1) is 11.9. The van der Waals surface area contributed by atoms with E-state index in [2.05, 4.69) is 74.3 Å². The maximum absolute atomic E-state index is 6.50. The quantitative estimate of drug-likeness (QED) is 0.785. The SMILES string of the molecule is CCc1ccc2c(c1)[C@@H]1C[C@@](C)(O2)N(c2ccc(C)c(C)c2)C(=S)N1. The van der Waals surface area contributed by atoms with Crippen molar-refractivity contribution < 1.29 is 4.74 Å². The Bertz CT molecular complexity index is 863. The highest BCUT2D eigenvalue weighted by atomic mass is 32.1. The molecule has 25 heavy (non-hydrogen) atoms. The second kappa shape index (κ2) is 5.73. The number of nitrogens with one attached hydrogen (secondary N) is 1. The largest absolute Gasteiger partial charge is 0.467 e. The summed E-state index contributed by atoms with van der Waals surface area (Å²) >= 11 is 5.74. The molecule has 2 aliphatic heterocycles. The number of nitrogens with zero attached hydrogens (tertiary/aromatic N) is 1. The van der Waals surface area contributed by atoms with E-state index >= 15 is 0 Å². The van der Waals surface area contributed by atoms with Gasteiger partial charge in [0.25, 0.3) is 0 Å². The summed E-state index contributed by atoms with van der Waals surface area (Å²) in [6, 6.07) is 13.2. The smallest absolute Gasteiger partial charge is 0.188 e. The minimum atomic E-state index is -0.477. The first-order valence-electron chi connectivity index (χ1n) is 8.91. The van der Waals surface area contributed by atoms with E-state index in [0.717, 1.165) is 29.4 Å². The summed E-state index contributed by atoms with van der Waals surface area (Å²) in [5.74, 6) is 0.958. The van der Waals surface area contributed by atoms with Crippen molar-refractivity contribution >= 4 is 23.0 Å². The van der Waals surface area contributed by atoms with Crippen LogP contribution in [0.5, 0.6) is 5.75 Å². The Kier molecular flexibility index (Phi) is 3.76. The van der Waals surface area contributed by atoms with E-state index in [0.29, 0.717) is 0 Å². The zero-order valence-electron chi connectivity index (χ0n) is 15.2. The molecule has 0 spiro atoms. The molecule has 4 rings (SSSR count). The molecule has 1 fully saturated rings. The minimum absolute atomic E-state index is 0.204. The number of ether oxygens (including phenoxy) is 1. The standard InChI is InChI=1S/C21H24N2OS/c1-5-15-7-9-19-17(11-15)18-12-21(4,24-19)23(20(25)22-18)16-8-6-13(2)14(3)10-16/h6-11,18H,5,12H2,1-4H3,(H,22,25)/t18-,21+/m0/s1. The molecule has 0 radical (unpaired) electrons. The van der Waals surface area contributed by atoms with Gasteiger partial charge in [-0.3, -0.25) is 4.90 Å². The van der Waals surface area contributed by atoms with Crippen LogP contribution in [-0.4, -0.2) is 10.8 Å². The van der Waals surface area contributed by atoms with E-state index in [1.807, 2.05) is 0 Å². The van der Waals surface area contributed by atoms with Crippen molar-refractivity contribution in [2.45, 2.75) is 52.3 Å². The molecule has 0 amide bonds. The number of hydrogen-bond acceptors (Lipinski definition) is 2. The lowest BCUT2D eigenvalue weighted by atomic mass is 9.89. The fourth-order valence-electron chi connectivity index (χ4n) is 3.90. The highest BCUT2D eigenvalue weighted by molar-refractivity contribution is 7.80. The number of thiocarbonyl (C=S) groups is 1. The van der Waals surface area contributed by atoms with Gasteiger partial charge < -0.3 is 10.1 Å². The van der Waals surface area contributed by atoms with E-state index in [1.54, 1.807) is 0 Å². The molecular formula is C21H24N2OS. The maximum Gasteiger partial charge on any atom is 0.188 e. The number of hydrogen-bond donors (Lipinski definition) is 1. The van der Waals surface area contributed by atoms with Crippen LogP contribution in [0.2, 0.25) is 0 Å². The number of fused-ring (bicyclic) bond motifs is 4. The van der Waals surface area contributed by atoms with Gasteiger partial charge >= 0.3 is 0 Å². The third-order valence-corrected chi connectivity index (χ3v) is 5.79. The monoisotopic (exact) mass is 352 g/mol. The fourth-order valence-corrected chi connectivity index (χ4v) is 4.34. The third kappa shape index (κ3) is 2.60. The predicted molar refractivity (Wildman–Crippen MR) is 106 cm³/mol. The Morgan fingerprint density at radius 3 is 2.72 bits per heavy atom. The predicted octanol–water partition coefficient (Wildman–Crippen LogP) is 4.80. The van der Waals surface area contributed by atoms with Crippen LogP contribution in [0, 0.1) is 13.8 Å². The lowest BCUT2D eigenvalue weighted by Gasteiger charge is -2.52. The van der Waals surface area contributed by atoms with Crippen LogP contribution >= 0.6 is 12.2 Å². The molecule has 0 aliphatic carbocycles. The Labute approximate surface area is 155 Å². The van der Waals surface area contributed by atoms with Gasteiger partial charge in [0.05, 0.1) is 6.04 Å². The summed E-state index contributed by atoms with van der Waals surface area (Å²) in [5.41, 5.74) is 5.69. The van der Waals surface area contributed by atoms with Gasteiger partial charge in [-0.15, -0.1) is 0 Å². The number of rotatable bonds is 2. The summed E-state index contributed by atoms with van der Waals surface area (Å²) in [6.07, 6.45) is 1.89. The Hall–Kier alpha value is -2.07. The molecule has 2 aliphatic rings. The highest BCUT2D eigenvalue weighted by Gasteiger charge is 2.48. The molecule has 130 valence electrons. The summed E-state index contributed by atoms with van der Waals surface area (Å²) < 4.78 is 6.50. The summed E-state index contributed by atoms with van der Waals surface area (Å²) in [4.78, 5) is 2.13. The van der Waals surface area contributed by atoms with E-state index < -0.39 is 5.72 Å². The molecular weight excluding hydrogens is 328 g/mol. The van der Waals surface area contributed by atoms with Crippen LogP contribution < -0.4 is 15.0 Å². The van der Waals surface area contributed by atoms with Gasteiger partial charge in [0, 0.05) is 17.7 Å². The molecule has 3 nitrogen and oxygen atoms in total. The normalized spacial score (nSPS) is 24.4. The second-order valence-electron chi connectivity index (χ2n) is 7.31. The zero-order valence-corrected chi connectivity index (χ0v) is 16.0. The summed E-state index contributed by atoms with van der Waals surface area (Å²) in [5, 5.41) is 4.27. The van der Waals surface area contributed by atoms with Crippen LogP contribution in [0.1, 0.15) is 48.6 Å². The van der Waals surface area contributed by atoms with Gasteiger partial charge in [0.15, 0.2) is 10.8 Å². The number of aryl methyl sites for hydroxylation is 3. The van der Waals surface area contributed by atoms with Gasteiger partial charge in [0.1, 0.15) is 5.75 Å². The summed E-state index contributed by atoms with van der Waals surface area (Å²) in [7, 11) is 0. The Morgan fingerprint density at radius 1 is 1.20 bits per heavy atom. The highest BCUT2D eigenvalue weighted by Crippen LogP contribution is 2.46. The molecule has 1 saturated heterocycles. The van der Waals surface area contributed by atoms with Crippen molar-refractivity contribution in [1.29, 1.82) is 0 Å². The fraction of sp³-hybridized carbons (Fsp3) is 0.381. The van der Waals surface area contributed by atoms with Gasteiger partial charge in [-0.25, -0.2) is 0 Å². The second-order valence-corrected chi connectivity index (χ2v) is 7.70. The first-order valence-corrected chi connectivity index (χ1v) is 9.32.